The van der Waals surface area contributed by atoms with Gasteiger partial charge in [-0.2, -0.15) is 0 Å². The van der Waals surface area contributed by atoms with Crippen molar-refractivity contribution in [1.82, 2.24) is 15.0 Å². The molecule has 3 heterocycles. The van der Waals surface area contributed by atoms with Gasteiger partial charge < -0.3 is 14.8 Å². The number of aromatic nitrogens is 3. The smallest absolute Gasteiger partial charge is 0.224 e. The van der Waals surface area contributed by atoms with Crippen LogP contribution in [0.3, 0.4) is 0 Å². The van der Waals surface area contributed by atoms with Crippen LogP contribution in [-0.4, -0.2) is 40.3 Å². The van der Waals surface area contributed by atoms with E-state index in [1.165, 1.54) is 37.7 Å². The second kappa shape index (κ2) is 9.03. The molecule has 1 saturated heterocycles. The van der Waals surface area contributed by atoms with Gasteiger partial charge in [0.05, 0.1) is 24.1 Å². The number of rotatable bonds is 6. The number of hydrogen-bond donors (Lipinski definition) is 1. The van der Waals surface area contributed by atoms with E-state index in [-0.39, 0.29) is 6.10 Å². The van der Waals surface area contributed by atoms with Crippen LogP contribution in [0.15, 0.2) is 12.4 Å². The van der Waals surface area contributed by atoms with Crippen molar-refractivity contribution in [3.8, 4) is 5.88 Å². The maximum absolute atomic E-state index is 6.26. The molecule has 0 amide bonds. The zero-order valence-corrected chi connectivity index (χ0v) is 17.1. The molecule has 1 unspecified atom stereocenters. The molecule has 1 aliphatic heterocycles. The van der Waals surface area contributed by atoms with Crippen LogP contribution in [0.25, 0.3) is 10.9 Å². The van der Waals surface area contributed by atoms with E-state index in [0.29, 0.717) is 23.8 Å². The van der Waals surface area contributed by atoms with Gasteiger partial charge in [-0.25, -0.2) is 15.0 Å². The van der Waals surface area contributed by atoms with Crippen LogP contribution in [0.5, 0.6) is 5.88 Å². The van der Waals surface area contributed by atoms with Crippen LogP contribution in [0, 0.1) is 0 Å². The third-order valence-electron chi connectivity index (χ3n) is 6.09. The number of fused-ring (bicyclic) bond motifs is 1. The van der Waals surface area contributed by atoms with Crippen LogP contribution in [0.2, 0.25) is 0 Å². The van der Waals surface area contributed by atoms with Gasteiger partial charge in [-0.05, 0) is 32.1 Å². The van der Waals surface area contributed by atoms with Crippen LogP contribution in [0.4, 0.5) is 5.95 Å². The van der Waals surface area contributed by atoms with Crippen molar-refractivity contribution >= 4 is 16.9 Å². The minimum absolute atomic E-state index is 0.155. The summed E-state index contributed by atoms with van der Waals surface area (Å²) in [6.45, 7) is 5.82. The van der Waals surface area contributed by atoms with Crippen molar-refractivity contribution in [2.45, 2.75) is 83.3 Å². The molecule has 6 heteroatoms. The fourth-order valence-corrected chi connectivity index (χ4v) is 4.17. The molecule has 1 N–H and O–H groups in total. The number of hydrogen-bond acceptors (Lipinski definition) is 6. The minimum atomic E-state index is 0.155. The average Bonchev–Trinajstić information content (AvgIpc) is 2.75. The van der Waals surface area contributed by atoms with E-state index in [9.17, 15) is 0 Å². The predicted molar refractivity (Wildman–Crippen MR) is 111 cm³/mol. The second-order valence-electron chi connectivity index (χ2n) is 8.19. The Kier molecular flexibility index (Phi) is 6.25. The molecule has 0 aromatic carbocycles. The summed E-state index contributed by atoms with van der Waals surface area (Å²) >= 11 is 0. The Morgan fingerprint density at radius 1 is 1.11 bits per heavy atom. The molecule has 4 rings (SSSR count). The summed E-state index contributed by atoms with van der Waals surface area (Å²) in [6, 6.07) is 0.343. The van der Waals surface area contributed by atoms with E-state index >= 15 is 0 Å². The molecule has 0 spiro atoms. The maximum atomic E-state index is 6.26. The van der Waals surface area contributed by atoms with E-state index in [0.717, 1.165) is 43.4 Å². The number of anilines is 1. The van der Waals surface area contributed by atoms with Gasteiger partial charge >= 0.3 is 0 Å². The Balaban J connectivity index is 1.70. The molecule has 152 valence electrons. The van der Waals surface area contributed by atoms with Gasteiger partial charge in [-0.1, -0.05) is 26.2 Å². The summed E-state index contributed by atoms with van der Waals surface area (Å²) < 4.78 is 11.7. The molecule has 1 aliphatic carbocycles. The summed E-state index contributed by atoms with van der Waals surface area (Å²) in [6.07, 6.45) is 13.2. The Bertz CT molecular complexity index is 785. The molecule has 6 nitrogen and oxygen atoms in total. The Labute approximate surface area is 167 Å². The highest BCUT2D eigenvalue weighted by Crippen LogP contribution is 2.37. The van der Waals surface area contributed by atoms with Crippen LogP contribution in [0.1, 0.15) is 76.7 Å². The number of ether oxygens (including phenoxy) is 2. The molecular formula is C22H32N4O2. The van der Waals surface area contributed by atoms with Crippen LogP contribution in [-0.2, 0) is 4.74 Å². The van der Waals surface area contributed by atoms with Crippen molar-refractivity contribution in [3.05, 3.63) is 18.0 Å². The van der Waals surface area contributed by atoms with Gasteiger partial charge in [0.2, 0.25) is 11.8 Å². The molecule has 2 aromatic rings. The molecule has 2 aliphatic rings. The van der Waals surface area contributed by atoms with Gasteiger partial charge in [-0.3, -0.25) is 0 Å². The zero-order chi connectivity index (χ0) is 19.3. The first-order chi connectivity index (χ1) is 13.7. The lowest BCUT2D eigenvalue weighted by molar-refractivity contribution is 0.0244. The summed E-state index contributed by atoms with van der Waals surface area (Å²) in [4.78, 5) is 14.2. The number of nitrogens with one attached hydrogen (secondary N) is 1. The van der Waals surface area contributed by atoms with Crippen molar-refractivity contribution in [1.29, 1.82) is 0 Å². The summed E-state index contributed by atoms with van der Waals surface area (Å²) in [5.74, 6) is 1.89. The fraction of sp³-hybridized carbons (Fsp3) is 0.682. The van der Waals surface area contributed by atoms with Gasteiger partial charge in [0, 0.05) is 36.8 Å². The van der Waals surface area contributed by atoms with Crippen molar-refractivity contribution in [3.63, 3.8) is 0 Å². The molecule has 0 radical (unpaired) electrons. The maximum Gasteiger partial charge on any atom is 0.224 e. The average molecular weight is 385 g/mol. The lowest BCUT2D eigenvalue weighted by atomic mass is 9.84. The molecule has 1 atom stereocenters. The van der Waals surface area contributed by atoms with Crippen LogP contribution >= 0.6 is 0 Å². The van der Waals surface area contributed by atoms with E-state index in [2.05, 4.69) is 24.1 Å². The van der Waals surface area contributed by atoms with Crippen molar-refractivity contribution in [2.24, 2.45) is 0 Å². The third kappa shape index (κ3) is 4.37. The predicted octanol–water partition coefficient (Wildman–Crippen LogP) is 4.84. The first-order valence-electron chi connectivity index (χ1n) is 10.9. The zero-order valence-electron chi connectivity index (χ0n) is 17.1. The monoisotopic (exact) mass is 384 g/mol. The first kappa shape index (κ1) is 19.4. The summed E-state index contributed by atoms with van der Waals surface area (Å²) in [7, 11) is 0. The summed E-state index contributed by atoms with van der Waals surface area (Å²) in [5, 5.41) is 4.35. The van der Waals surface area contributed by atoms with E-state index in [1.54, 1.807) is 0 Å². The third-order valence-corrected chi connectivity index (χ3v) is 6.09. The van der Waals surface area contributed by atoms with Gasteiger partial charge in [-0.15, -0.1) is 0 Å². The Hall–Kier alpha value is -1.95. The number of nitrogens with zero attached hydrogens (tertiary/aromatic N) is 3. The van der Waals surface area contributed by atoms with E-state index < -0.39 is 0 Å². The van der Waals surface area contributed by atoms with Gasteiger partial charge in [0.15, 0.2) is 0 Å². The highest BCUT2D eigenvalue weighted by atomic mass is 16.5. The fourth-order valence-electron chi connectivity index (χ4n) is 4.17. The Morgan fingerprint density at radius 2 is 1.89 bits per heavy atom. The molecule has 2 fully saturated rings. The van der Waals surface area contributed by atoms with Crippen molar-refractivity contribution in [2.75, 3.05) is 18.5 Å². The summed E-state index contributed by atoms with van der Waals surface area (Å²) in [5.41, 5.74) is 2.26. The normalized spacial score (nSPS) is 20.2. The minimum Gasteiger partial charge on any atom is -0.474 e. The lowest BCUT2D eigenvalue weighted by Crippen LogP contribution is -2.26. The second-order valence-corrected chi connectivity index (χ2v) is 8.19. The standard InChI is InChI=1S/C22H32N4O2/c1-3-15(2)25-22-24-14-19-20(26-22)18(16-7-5-4-6-8-16)13-23-21(19)28-17-9-11-27-12-10-17/h13-17H,3-12H2,1-2H3,(H,24,25,26). The van der Waals surface area contributed by atoms with E-state index in [4.69, 9.17) is 19.4 Å². The SMILES string of the molecule is CCC(C)Nc1ncc2c(OC3CCOCC3)ncc(C3CCCCC3)c2n1. The largest absolute Gasteiger partial charge is 0.474 e. The Morgan fingerprint density at radius 3 is 2.64 bits per heavy atom. The van der Waals surface area contributed by atoms with Crippen LogP contribution < -0.4 is 10.1 Å². The highest BCUT2D eigenvalue weighted by Gasteiger charge is 2.23. The molecule has 1 saturated carbocycles. The molecule has 28 heavy (non-hydrogen) atoms. The molecule has 0 bridgehead atoms. The van der Waals surface area contributed by atoms with Gasteiger partial charge in [0.25, 0.3) is 0 Å². The van der Waals surface area contributed by atoms with Gasteiger partial charge in [0.1, 0.15) is 6.10 Å². The highest BCUT2D eigenvalue weighted by molar-refractivity contribution is 5.86. The quantitative estimate of drug-likeness (QED) is 0.768. The first-order valence-corrected chi connectivity index (χ1v) is 10.9. The van der Waals surface area contributed by atoms with Crippen molar-refractivity contribution < 1.29 is 9.47 Å². The molecule has 2 aromatic heterocycles. The lowest BCUT2D eigenvalue weighted by Gasteiger charge is -2.25. The number of pyridine rings is 1. The van der Waals surface area contributed by atoms with E-state index in [1.807, 2.05) is 12.4 Å². The topological polar surface area (TPSA) is 69.2 Å². The molecular weight excluding hydrogens is 352 g/mol.